The minimum atomic E-state index is -3.33. The van der Waals surface area contributed by atoms with Gasteiger partial charge in [0, 0.05) is 35.6 Å². The maximum atomic E-state index is 14.8. The molecule has 4 nitrogen and oxygen atoms in total. The fourth-order valence-corrected chi connectivity index (χ4v) is 1.87. The lowest BCUT2D eigenvalue weighted by molar-refractivity contribution is 0.147. The summed E-state index contributed by atoms with van der Waals surface area (Å²) in [6, 6.07) is 1.15. The van der Waals surface area contributed by atoms with Crippen LogP contribution < -0.4 is 10.2 Å². The highest BCUT2D eigenvalue weighted by Gasteiger charge is 2.20. The van der Waals surface area contributed by atoms with Crippen molar-refractivity contribution in [3.63, 3.8) is 0 Å². The van der Waals surface area contributed by atoms with Crippen LogP contribution in [0.3, 0.4) is 0 Å². The average molecular weight is 338 g/mol. The predicted molar refractivity (Wildman–Crippen MR) is 85.7 cm³/mol. The van der Waals surface area contributed by atoms with E-state index in [1.165, 1.54) is 0 Å². The van der Waals surface area contributed by atoms with Crippen LogP contribution in [0.4, 0.5) is 25.0 Å². The van der Waals surface area contributed by atoms with Crippen molar-refractivity contribution in [1.82, 2.24) is 0 Å². The molecule has 1 aliphatic heterocycles. The number of hydrogen-bond acceptors (Lipinski definition) is 4. The quantitative estimate of drug-likeness (QED) is 0.908. The Balaban J connectivity index is 2.50. The second-order valence-electron chi connectivity index (χ2n) is 4.77. The van der Waals surface area contributed by atoms with Gasteiger partial charge in [0.15, 0.2) is 11.6 Å². The fourth-order valence-electron chi connectivity index (χ4n) is 1.55. The lowest BCUT2D eigenvalue weighted by Gasteiger charge is -2.29. The van der Waals surface area contributed by atoms with Gasteiger partial charge in [0.2, 0.25) is 0 Å². The number of rotatable bonds is 4. The number of halogens is 2. The standard InChI is InChI=1S/C15H20F2N2O2S/c1-10(2)9-21-15(20)18-11-7-12(16)14(13(17)8-11)19-3-5-22-6-4-19/h7-8,10H,3-6,9H2,1-2H3,(H,18,20)/i3D2,4D2,5D2,6D2. The summed E-state index contributed by atoms with van der Waals surface area (Å²) in [5.74, 6) is -3.04. The molecular formula is C15H20F2N2O2S. The molecule has 122 valence electrons. The zero-order valence-electron chi connectivity index (χ0n) is 19.9. The maximum Gasteiger partial charge on any atom is 0.411 e. The van der Waals surface area contributed by atoms with E-state index in [2.05, 4.69) is 5.32 Å². The molecule has 1 N–H and O–H groups in total. The van der Waals surface area contributed by atoms with Gasteiger partial charge in [0.25, 0.3) is 0 Å². The molecule has 22 heavy (non-hydrogen) atoms. The van der Waals surface area contributed by atoms with Crippen LogP contribution in [0.2, 0.25) is 0 Å². The molecule has 1 aliphatic rings. The van der Waals surface area contributed by atoms with Crippen LogP contribution in [-0.2, 0) is 4.74 Å². The van der Waals surface area contributed by atoms with Crippen LogP contribution in [0.1, 0.15) is 24.8 Å². The molecule has 0 atom stereocenters. The highest BCUT2D eigenvalue weighted by Crippen LogP contribution is 2.29. The summed E-state index contributed by atoms with van der Waals surface area (Å²) < 4.78 is 97.5. The minimum Gasteiger partial charge on any atom is -0.449 e. The van der Waals surface area contributed by atoms with E-state index in [1.54, 1.807) is 13.8 Å². The number of nitrogens with zero attached hydrogens (tertiary/aromatic N) is 1. The second-order valence-corrected chi connectivity index (χ2v) is 5.38. The molecule has 1 saturated heterocycles. The number of thioether (sulfide) groups is 1. The summed E-state index contributed by atoms with van der Waals surface area (Å²) >= 11 is -0.254. The summed E-state index contributed by atoms with van der Waals surface area (Å²) in [5.41, 5.74) is -7.82. The number of ether oxygens (including phenoxy) is 1. The molecule has 1 aromatic rings. The predicted octanol–water partition coefficient (Wildman–Crippen LogP) is 3.72. The topological polar surface area (TPSA) is 41.6 Å². The SMILES string of the molecule is [2H]C1([2H])SC([2H])([2H])C([2H])([2H])N(c2c(F)cc(NC(=O)OCC(C)C)cc2F)C1([2H])[2H]. The summed E-state index contributed by atoms with van der Waals surface area (Å²) in [6.07, 6.45) is -0.997. The molecular weight excluding hydrogens is 310 g/mol. The Morgan fingerprint density at radius 2 is 2.00 bits per heavy atom. The fraction of sp³-hybridized carbons (Fsp3) is 0.533. The van der Waals surface area contributed by atoms with Crippen molar-refractivity contribution in [2.45, 2.75) is 13.8 Å². The molecule has 7 heteroatoms. The number of carbonyl (C=O) groups is 1. The van der Waals surface area contributed by atoms with Crippen LogP contribution in [0.15, 0.2) is 12.1 Å². The lowest BCUT2D eigenvalue weighted by Crippen LogP contribution is -2.33. The first-order valence-corrected chi connectivity index (χ1v) is 7.19. The third-order valence-corrected chi connectivity index (χ3v) is 2.84. The smallest absolute Gasteiger partial charge is 0.411 e. The molecule has 1 aromatic carbocycles. The van der Waals surface area contributed by atoms with Crippen molar-refractivity contribution in [3.8, 4) is 0 Å². The summed E-state index contributed by atoms with van der Waals surface area (Å²) in [7, 11) is 0. The van der Waals surface area contributed by atoms with E-state index in [1.807, 2.05) is 0 Å². The number of nitrogens with one attached hydrogen (secondary N) is 1. The summed E-state index contributed by atoms with van der Waals surface area (Å²) in [4.78, 5) is 11.5. The normalized spacial score (nSPS) is 29.6. The molecule has 1 heterocycles. The maximum absolute atomic E-state index is 14.8. The molecule has 0 unspecified atom stereocenters. The summed E-state index contributed by atoms with van der Waals surface area (Å²) in [5, 5.41) is 2.08. The first kappa shape index (κ1) is 8.96. The van der Waals surface area contributed by atoms with Gasteiger partial charge in [-0.05, 0) is 18.1 Å². The third kappa shape index (κ3) is 4.50. The molecule has 0 spiro atoms. The molecule has 1 fully saturated rings. The van der Waals surface area contributed by atoms with Gasteiger partial charge in [0.05, 0.1) is 12.1 Å². The van der Waals surface area contributed by atoms with Crippen LogP contribution >= 0.6 is 11.8 Å². The largest absolute Gasteiger partial charge is 0.449 e. The van der Waals surface area contributed by atoms with E-state index < -0.39 is 53.5 Å². The van der Waals surface area contributed by atoms with Crippen LogP contribution in [0, 0.1) is 17.6 Å². The Labute approximate surface area is 144 Å². The Kier molecular flexibility index (Phi) is 3.12. The van der Waals surface area contributed by atoms with Gasteiger partial charge < -0.3 is 9.64 Å². The molecule has 0 bridgehead atoms. The zero-order chi connectivity index (χ0) is 23.3. The minimum absolute atomic E-state index is 0.0121. The number of anilines is 2. The monoisotopic (exact) mass is 338 g/mol. The van der Waals surface area contributed by atoms with Gasteiger partial charge in [-0.15, -0.1) is 0 Å². The van der Waals surface area contributed by atoms with Crippen LogP contribution in [0.25, 0.3) is 0 Å². The Morgan fingerprint density at radius 1 is 1.41 bits per heavy atom. The second kappa shape index (κ2) is 7.67. The highest BCUT2D eigenvalue weighted by atomic mass is 32.2. The number of hydrogen-bond donors (Lipinski definition) is 1. The van der Waals surface area contributed by atoms with Crippen molar-refractivity contribution in [2.24, 2.45) is 5.92 Å². The van der Waals surface area contributed by atoms with Crippen molar-refractivity contribution in [3.05, 3.63) is 23.8 Å². The third-order valence-electron chi connectivity index (χ3n) is 2.45. The van der Waals surface area contributed by atoms with Gasteiger partial charge in [-0.2, -0.15) is 11.8 Å². The number of amides is 1. The lowest BCUT2D eigenvalue weighted by atomic mass is 10.2. The van der Waals surface area contributed by atoms with Crippen molar-refractivity contribution < 1.29 is 29.3 Å². The first-order chi connectivity index (χ1) is 13.4. The molecule has 1 amide bonds. The van der Waals surface area contributed by atoms with Crippen molar-refractivity contribution in [2.75, 3.05) is 41.2 Å². The highest BCUT2D eigenvalue weighted by molar-refractivity contribution is 7.99. The van der Waals surface area contributed by atoms with E-state index in [4.69, 9.17) is 15.7 Å². The van der Waals surface area contributed by atoms with Gasteiger partial charge >= 0.3 is 6.09 Å². The van der Waals surface area contributed by atoms with Crippen LogP contribution in [-0.4, -0.2) is 37.1 Å². The van der Waals surface area contributed by atoms with E-state index in [-0.39, 0.29) is 29.2 Å². The Bertz CT molecular complexity index is 792. The number of benzene rings is 1. The first-order valence-electron chi connectivity index (χ1n) is 10.4. The molecule has 0 aromatic heterocycles. The molecule has 0 radical (unpaired) electrons. The molecule has 0 saturated carbocycles. The average Bonchev–Trinajstić information content (AvgIpc) is 2.53. The zero-order valence-corrected chi connectivity index (χ0v) is 12.7. The van der Waals surface area contributed by atoms with Gasteiger partial charge in [-0.3, -0.25) is 5.32 Å². The van der Waals surface area contributed by atoms with Crippen molar-refractivity contribution >= 4 is 29.2 Å². The van der Waals surface area contributed by atoms with Crippen molar-refractivity contribution in [1.29, 1.82) is 0 Å². The summed E-state index contributed by atoms with van der Waals surface area (Å²) in [6.45, 7) is -3.07. The van der Waals surface area contributed by atoms with Crippen LogP contribution in [0.5, 0.6) is 0 Å². The van der Waals surface area contributed by atoms with E-state index in [9.17, 15) is 13.6 Å². The Morgan fingerprint density at radius 3 is 2.55 bits per heavy atom. The van der Waals surface area contributed by atoms with E-state index in [0.29, 0.717) is 12.1 Å². The van der Waals surface area contributed by atoms with E-state index in [0.717, 1.165) is 0 Å². The molecule has 2 rings (SSSR count). The van der Waals surface area contributed by atoms with Gasteiger partial charge in [-0.1, -0.05) is 13.8 Å². The van der Waals surface area contributed by atoms with E-state index >= 15 is 0 Å². The Hall–Kier alpha value is -1.50. The van der Waals surface area contributed by atoms with Gasteiger partial charge in [0.1, 0.15) is 5.69 Å². The van der Waals surface area contributed by atoms with Gasteiger partial charge in [-0.25, -0.2) is 13.6 Å². The number of carbonyl (C=O) groups excluding carboxylic acids is 1. The molecule has 0 aliphatic carbocycles.